The van der Waals surface area contributed by atoms with Gasteiger partial charge in [-0.05, 0) is 18.2 Å². The van der Waals surface area contributed by atoms with Gasteiger partial charge < -0.3 is 14.9 Å². The van der Waals surface area contributed by atoms with Crippen LogP contribution in [0.5, 0.6) is 0 Å². The number of carbonyl (C=O) groups is 2. The molecule has 0 saturated carbocycles. The monoisotopic (exact) mass is 266 g/mol. The Morgan fingerprint density at radius 3 is 2.63 bits per heavy atom. The minimum Gasteiger partial charge on any atom is -0.383 e. The van der Waals surface area contributed by atoms with Gasteiger partial charge >= 0.3 is 0 Å². The third-order valence-electron chi connectivity index (χ3n) is 3.07. The lowest BCUT2D eigenvalue weighted by Crippen LogP contribution is -2.30. The van der Waals surface area contributed by atoms with Gasteiger partial charge in [-0.3, -0.25) is 9.59 Å². The average molecular weight is 266 g/mol. The zero-order valence-corrected chi connectivity index (χ0v) is 10.8. The number of hydrogen-bond donors (Lipinski definition) is 1. The maximum atomic E-state index is 14.0. The predicted octanol–water partition coefficient (Wildman–Crippen LogP) is 0.625. The van der Waals surface area contributed by atoms with E-state index in [0.717, 1.165) is 6.07 Å². The average Bonchev–Trinajstić information content (AvgIpc) is 2.69. The Hall–Kier alpha value is -1.95. The van der Waals surface area contributed by atoms with E-state index in [4.69, 9.17) is 0 Å². The molecule has 0 radical (unpaired) electrons. The minimum absolute atomic E-state index is 0.0943. The summed E-state index contributed by atoms with van der Waals surface area (Å²) in [4.78, 5) is 25.8. The van der Waals surface area contributed by atoms with Crippen molar-refractivity contribution in [3.8, 4) is 0 Å². The summed E-state index contributed by atoms with van der Waals surface area (Å²) in [5.41, 5.74) is 0.315. The molecule has 0 bridgehead atoms. The number of benzene rings is 1. The summed E-state index contributed by atoms with van der Waals surface area (Å²) in [6, 6.07) is 3.97. The summed E-state index contributed by atoms with van der Waals surface area (Å²) in [6.45, 7) is 0.276. The summed E-state index contributed by atoms with van der Waals surface area (Å²) in [5.74, 6) is -1.46. The van der Waals surface area contributed by atoms with Crippen LogP contribution in [-0.2, 0) is 4.79 Å². The zero-order chi connectivity index (χ0) is 14.2. The highest BCUT2D eigenvalue weighted by Crippen LogP contribution is 2.25. The molecule has 1 aliphatic rings. The van der Waals surface area contributed by atoms with Crippen molar-refractivity contribution < 1.29 is 19.1 Å². The van der Waals surface area contributed by atoms with Gasteiger partial charge in [-0.15, -0.1) is 0 Å². The molecule has 1 atom stereocenters. The number of hydrogen-bond acceptors (Lipinski definition) is 3. The van der Waals surface area contributed by atoms with Crippen LogP contribution in [0, 0.1) is 5.82 Å². The molecule has 19 heavy (non-hydrogen) atoms. The molecule has 1 saturated heterocycles. The first-order chi connectivity index (χ1) is 8.91. The molecule has 5 nitrogen and oxygen atoms in total. The molecule has 1 aromatic rings. The number of aliphatic hydroxyl groups is 1. The van der Waals surface area contributed by atoms with Crippen molar-refractivity contribution >= 4 is 17.5 Å². The Morgan fingerprint density at radius 2 is 2.16 bits per heavy atom. The zero-order valence-electron chi connectivity index (χ0n) is 10.8. The Bertz CT molecular complexity index is 531. The van der Waals surface area contributed by atoms with Crippen LogP contribution in [0.15, 0.2) is 18.2 Å². The number of rotatable bonds is 2. The molecule has 0 aliphatic carbocycles. The number of nitrogens with zero attached hydrogens (tertiary/aromatic N) is 2. The van der Waals surface area contributed by atoms with Crippen molar-refractivity contribution in [2.75, 3.05) is 25.5 Å². The molecule has 0 unspecified atom stereocenters. The van der Waals surface area contributed by atoms with Crippen LogP contribution >= 0.6 is 0 Å². The van der Waals surface area contributed by atoms with E-state index in [0.29, 0.717) is 0 Å². The first kappa shape index (κ1) is 13.5. The highest BCUT2D eigenvalue weighted by Gasteiger charge is 2.32. The Labute approximate surface area is 110 Å². The van der Waals surface area contributed by atoms with Gasteiger partial charge in [0.05, 0.1) is 5.69 Å². The predicted molar refractivity (Wildman–Crippen MR) is 67.4 cm³/mol. The van der Waals surface area contributed by atoms with Gasteiger partial charge in [0.15, 0.2) is 0 Å². The smallest absolute Gasteiger partial charge is 0.255 e. The van der Waals surface area contributed by atoms with E-state index in [1.807, 2.05) is 0 Å². The quantitative estimate of drug-likeness (QED) is 0.854. The molecule has 1 fully saturated rings. The maximum absolute atomic E-state index is 14.0. The largest absolute Gasteiger partial charge is 0.383 e. The molecular weight excluding hydrogens is 251 g/mol. The van der Waals surface area contributed by atoms with E-state index in [-0.39, 0.29) is 30.1 Å². The molecule has 1 aromatic carbocycles. The number of aliphatic hydroxyl groups excluding tert-OH is 1. The van der Waals surface area contributed by atoms with Gasteiger partial charge in [0, 0.05) is 32.6 Å². The summed E-state index contributed by atoms with van der Waals surface area (Å²) in [6.07, 6.45) is -0.779. The van der Waals surface area contributed by atoms with Crippen molar-refractivity contribution in [2.45, 2.75) is 12.5 Å². The van der Waals surface area contributed by atoms with Gasteiger partial charge in [-0.2, -0.15) is 0 Å². The van der Waals surface area contributed by atoms with E-state index in [2.05, 4.69) is 0 Å². The fourth-order valence-electron chi connectivity index (χ4n) is 2.02. The lowest BCUT2D eigenvalue weighted by Gasteiger charge is -2.18. The number of halogens is 1. The number of amides is 2. The molecule has 0 aromatic heterocycles. The lowest BCUT2D eigenvalue weighted by atomic mass is 10.1. The van der Waals surface area contributed by atoms with E-state index < -0.39 is 17.8 Å². The molecule has 1 heterocycles. The Balaban J connectivity index is 2.30. The molecule has 1 N–H and O–H groups in total. The number of carbonyl (C=O) groups excluding carboxylic acids is 2. The van der Waals surface area contributed by atoms with Gasteiger partial charge in [-0.25, -0.2) is 4.39 Å². The normalized spacial score (nSPS) is 18.8. The van der Waals surface area contributed by atoms with Crippen LogP contribution < -0.4 is 4.90 Å². The highest BCUT2D eigenvalue weighted by molar-refractivity contribution is 5.99. The summed E-state index contributed by atoms with van der Waals surface area (Å²) < 4.78 is 14.0. The van der Waals surface area contributed by atoms with Crippen molar-refractivity contribution in [2.24, 2.45) is 0 Å². The summed E-state index contributed by atoms with van der Waals surface area (Å²) in [5, 5.41) is 9.36. The van der Waals surface area contributed by atoms with Crippen LogP contribution in [-0.4, -0.2) is 48.6 Å². The molecule has 2 amide bonds. The third-order valence-corrected chi connectivity index (χ3v) is 3.07. The SMILES string of the molecule is CN(C)C(=O)c1ccc(N2CC[C@H](O)C2=O)c(F)c1. The van der Waals surface area contributed by atoms with Crippen molar-refractivity contribution in [1.29, 1.82) is 0 Å². The fraction of sp³-hybridized carbons (Fsp3) is 0.385. The summed E-state index contributed by atoms with van der Waals surface area (Å²) >= 11 is 0. The van der Waals surface area contributed by atoms with Crippen molar-refractivity contribution in [1.82, 2.24) is 4.90 Å². The fourth-order valence-corrected chi connectivity index (χ4v) is 2.02. The molecular formula is C13H15FN2O3. The maximum Gasteiger partial charge on any atom is 0.255 e. The van der Waals surface area contributed by atoms with E-state index in [1.165, 1.54) is 21.9 Å². The topological polar surface area (TPSA) is 60.9 Å². The van der Waals surface area contributed by atoms with Crippen LogP contribution in [0.3, 0.4) is 0 Å². The Morgan fingerprint density at radius 1 is 1.47 bits per heavy atom. The minimum atomic E-state index is -1.07. The van der Waals surface area contributed by atoms with Crippen LogP contribution in [0.1, 0.15) is 16.8 Å². The second-order valence-corrected chi connectivity index (χ2v) is 4.66. The summed E-state index contributed by atoms with van der Waals surface area (Å²) in [7, 11) is 3.16. The van der Waals surface area contributed by atoms with Crippen molar-refractivity contribution in [3.05, 3.63) is 29.6 Å². The molecule has 1 aliphatic heterocycles. The van der Waals surface area contributed by atoms with Gasteiger partial charge in [0.1, 0.15) is 11.9 Å². The molecule has 0 spiro atoms. The van der Waals surface area contributed by atoms with Crippen molar-refractivity contribution in [3.63, 3.8) is 0 Å². The van der Waals surface area contributed by atoms with E-state index in [9.17, 15) is 19.1 Å². The number of anilines is 1. The lowest BCUT2D eigenvalue weighted by molar-refractivity contribution is -0.124. The van der Waals surface area contributed by atoms with Crippen LogP contribution in [0.4, 0.5) is 10.1 Å². The molecule has 6 heteroatoms. The first-order valence-corrected chi connectivity index (χ1v) is 5.92. The van der Waals surface area contributed by atoms with Crippen LogP contribution in [0.25, 0.3) is 0 Å². The van der Waals surface area contributed by atoms with E-state index in [1.54, 1.807) is 14.1 Å². The van der Waals surface area contributed by atoms with Gasteiger partial charge in [-0.1, -0.05) is 0 Å². The Kier molecular flexibility index (Phi) is 3.53. The third kappa shape index (κ3) is 2.44. The van der Waals surface area contributed by atoms with Crippen LogP contribution in [0.2, 0.25) is 0 Å². The second-order valence-electron chi connectivity index (χ2n) is 4.66. The molecule has 102 valence electrons. The van der Waals surface area contributed by atoms with E-state index >= 15 is 0 Å². The standard InChI is InChI=1S/C13H15FN2O3/c1-15(2)12(18)8-3-4-10(9(14)7-8)16-6-5-11(17)13(16)19/h3-4,7,11,17H,5-6H2,1-2H3/t11-/m0/s1. The highest BCUT2D eigenvalue weighted by atomic mass is 19.1. The van der Waals surface area contributed by atoms with Gasteiger partial charge in [0.25, 0.3) is 11.8 Å². The van der Waals surface area contributed by atoms with Gasteiger partial charge in [0.2, 0.25) is 0 Å². The second kappa shape index (κ2) is 4.97. The first-order valence-electron chi connectivity index (χ1n) is 5.92. The molecule has 2 rings (SSSR count).